The molecule has 0 aliphatic heterocycles. The number of carbonyl (C=O) groups is 1. The van der Waals surface area contributed by atoms with E-state index in [0.717, 1.165) is 36.2 Å². The number of rotatable bonds is 6. The van der Waals surface area contributed by atoms with E-state index >= 15 is 0 Å². The minimum Gasteiger partial charge on any atom is -0.349 e. The fraction of sp³-hybridized carbons (Fsp3) is 0.467. The fourth-order valence-corrected chi connectivity index (χ4v) is 2.23. The van der Waals surface area contributed by atoms with E-state index in [-0.39, 0.29) is 6.04 Å². The Morgan fingerprint density at radius 2 is 2.11 bits per heavy atom. The molecule has 2 atom stereocenters. The number of nitrogens with one attached hydrogen (secondary N) is 1. The molecule has 1 heterocycles. The Morgan fingerprint density at radius 3 is 2.79 bits per heavy atom. The quantitative estimate of drug-likeness (QED) is 0.811. The topological polar surface area (TPSA) is 46.9 Å². The van der Waals surface area contributed by atoms with Crippen molar-refractivity contribution in [3.63, 3.8) is 0 Å². The van der Waals surface area contributed by atoms with E-state index in [2.05, 4.69) is 34.8 Å². The zero-order valence-electron chi connectivity index (χ0n) is 11.8. The second-order valence-corrected chi connectivity index (χ2v) is 5.09. The van der Waals surface area contributed by atoms with Crippen LogP contribution in [0.4, 0.5) is 0 Å². The Labute approximate surface area is 113 Å². The van der Waals surface area contributed by atoms with Crippen molar-refractivity contribution in [2.75, 3.05) is 0 Å². The highest BCUT2D eigenvalue weighted by Crippen LogP contribution is 2.22. The van der Waals surface area contributed by atoms with Crippen molar-refractivity contribution in [2.45, 2.75) is 39.8 Å². The van der Waals surface area contributed by atoms with Gasteiger partial charge in [0.2, 0.25) is 6.41 Å². The largest absolute Gasteiger partial charge is 0.349 e. The molecule has 0 fully saturated rings. The van der Waals surface area contributed by atoms with E-state index in [9.17, 15) is 4.79 Å². The molecular formula is C15H21N3O. The maximum atomic E-state index is 10.6. The van der Waals surface area contributed by atoms with Gasteiger partial charge in [-0.3, -0.25) is 4.79 Å². The number of amides is 1. The van der Waals surface area contributed by atoms with Crippen LogP contribution in [0.1, 0.15) is 39.1 Å². The Kier molecular flexibility index (Phi) is 4.20. The smallest absolute Gasteiger partial charge is 0.207 e. The van der Waals surface area contributed by atoms with E-state index < -0.39 is 0 Å². The molecule has 102 valence electrons. The monoisotopic (exact) mass is 259 g/mol. The highest BCUT2D eigenvalue weighted by Gasteiger charge is 2.16. The maximum Gasteiger partial charge on any atom is 0.207 e. The van der Waals surface area contributed by atoms with Crippen LogP contribution >= 0.6 is 0 Å². The van der Waals surface area contributed by atoms with Gasteiger partial charge in [-0.1, -0.05) is 32.4 Å². The molecule has 1 amide bonds. The van der Waals surface area contributed by atoms with Crippen LogP contribution in [0.25, 0.3) is 11.0 Å². The van der Waals surface area contributed by atoms with E-state index in [1.807, 2.05) is 25.1 Å². The number of imidazole rings is 1. The number of para-hydroxylation sites is 2. The maximum absolute atomic E-state index is 10.6. The van der Waals surface area contributed by atoms with E-state index in [4.69, 9.17) is 0 Å². The molecule has 1 aromatic heterocycles. The van der Waals surface area contributed by atoms with Crippen molar-refractivity contribution >= 4 is 17.4 Å². The summed E-state index contributed by atoms with van der Waals surface area (Å²) in [5.74, 6) is 1.51. The lowest BCUT2D eigenvalue weighted by atomic mass is 10.1. The van der Waals surface area contributed by atoms with Crippen molar-refractivity contribution in [1.82, 2.24) is 14.9 Å². The minimum absolute atomic E-state index is 0.0750. The molecule has 4 nitrogen and oxygen atoms in total. The molecule has 0 saturated heterocycles. The molecular weight excluding hydrogens is 238 g/mol. The Bertz CT molecular complexity index is 562. The first-order valence-corrected chi connectivity index (χ1v) is 6.82. The lowest BCUT2D eigenvalue weighted by Crippen LogP contribution is -2.21. The molecule has 1 aromatic carbocycles. The van der Waals surface area contributed by atoms with Crippen molar-refractivity contribution in [1.29, 1.82) is 0 Å². The van der Waals surface area contributed by atoms with Gasteiger partial charge in [0.25, 0.3) is 0 Å². The van der Waals surface area contributed by atoms with E-state index in [1.54, 1.807) is 0 Å². The summed E-state index contributed by atoms with van der Waals surface area (Å²) in [6.45, 7) is 7.31. The third-order valence-corrected chi connectivity index (χ3v) is 3.58. The number of aromatic nitrogens is 2. The number of hydrogen-bond acceptors (Lipinski definition) is 2. The minimum atomic E-state index is -0.0750. The summed E-state index contributed by atoms with van der Waals surface area (Å²) in [4.78, 5) is 15.3. The van der Waals surface area contributed by atoms with Gasteiger partial charge in [-0.15, -0.1) is 0 Å². The van der Waals surface area contributed by atoms with Gasteiger partial charge < -0.3 is 9.88 Å². The van der Waals surface area contributed by atoms with Gasteiger partial charge in [0, 0.05) is 6.54 Å². The summed E-state index contributed by atoms with van der Waals surface area (Å²) in [6, 6.07) is 8.04. The molecule has 0 unspecified atom stereocenters. The molecule has 0 radical (unpaired) electrons. The molecule has 0 aliphatic carbocycles. The van der Waals surface area contributed by atoms with Crippen molar-refractivity contribution < 1.29 is 4.79 Å². The van der Waals surface area contributed by atoms with E-state index in [1.165, 1.54) is 0 Å². The van der Waals surface area contributed by atoms with Gasteiger partial charge in [0.15, 0.2) is 0 Å². The van der Waals surface area contributed by atoms with E-state index in [0.29, 0.717) is 5.92 Å². The van der Waals surface area contributed by atoms with Crippen LogP contribution in [0.2, 0.25) is 0 Å². The van der Waals surface area contributed by atoms with Crippen molar-refractivity contribution in [3.8, 4) is 0 Å². The highest BCUT2D eigenvalue weighted by molar-refractivity contribution is 5.76. The lowest BCUT2D eigenvalue weighted by molar-refractivity contribution is -0.110. The molecule has 2 rings (SSSR count). The first-order valence-electron chi connectivity index (χ1n) is 6.82. The molecule has 4 heteroatoms. The van der Waals surface area contributed by atoms with Crippen LogP contribution in [0, 0.1) is 5.92 Å². The average molecular weight is 259 g/mol. The highest BCUT2D eigenvalue weighted by atomic mass is 16.1. The number of hydrogen-bond donors (Lipinski definition) is 1. The number of nitrogens with zero attached hydrogens (tertiary/aromatic N) is 2. The van der Waals surface area contributed by atoms with Crippen LogP contribution in [0.3, 0.4) is 0 Å². The Balaban J connectivity index is 2.48. The fourth-order valence-electron chi connectivity index (χ4n) is 2.23. The first-order chi connectivity index (χ1) is 9.17. The third kappa shape index (κ3) is 2.78. The van der Waals surface area contributed by atoms with Gasteiger partial charge in [-0.05, 0) is 25.0 Å². The molecule has 0 saturated carbocycles. The summed E-state index contributed by atoms with van der Waals surface area (Å²) in [7, 11) is 0. The van der Waals surface area contributed by atoms with Crippen molar-refractivity contribution in [3.05, 3.63) is 30.1 Å². The summed E-state index contributed by atoms with van der Waals surface area (Å²) in [5, 5.41) is 2.79. The zero-order chi connectivity index (χ0) is 13.8. The van der Waals surface area contributed by atoms with Gasteiger partial charge in [-0.2, -0.15) is 0 Å². The van der Waals surface area contributed by atoms with Crippen LogP contribution in [0.15, 0.2) is 24.3 Å². The summed E-state index contributed by atoms with van der Waals surface area (Å²) in [5.41, 5.74) is 2.12. The molecule has 0 bridgehead atoms. The Hall–Kier alpha value is -1.84. The summed E-state index contributed by atoms with van der Waals surface area (Å²) < 4.78 is 2.23. The third-order valence-electron chi connectivity index (χ3n) is 3.58. The van der Waals surface area contributed by atoms with Gasteiger partial charge in [-0.25, -0.2) is 4.98 Å². The van der Waals surface area contributed by atoms with Crippen LogP contribution in [-0.4, -0.2) is 16.0 Å². The summed E-state index contributed by atoms with van der Waals surface area (Å²) >= 11 is 0. The predicted octanol–water partition coefficient (Wildman–Crippen LogP) is 2.89. The number of fused-ring (bicyclic) bond motifs is 1. The molecule has 1 N–H and O–H groups in total. The van der Waals surface area contributed by atoms with Crippen LogP contribution < -0.4 is 5.32 Å². The van der Waals surface area contributed by atoms with Gasteiger partial charge in [0.1, 0.15) is 5.82 Å². The average Bonchev–Trinajstić information content (AvgIpc) is 2.78. The predicted molar refractivity (Wildman–Crippen MR) is 76.8 cm³/mol. The molecule has 19 heavy (non-hydrogen) atoms. The second kappa shape index (κ2) is 5.87. The van der Waals surface area contributed by atoms with Gasteiger partial charge in [0.05, 0.1) is 17.1 Å². The number of carbonyl (C=O) groups excluding carboxylic acids is 1. The van der Waals surface area contributed by atoms with Crippen LogP contribution in [0.5, 0.6) is 0 Å². The Morgan fingerprint density at radius 1 is 1.37 bits per heavy atom. The SMILES string of the molecule is CC[C@@H](C)Cn1c([C@H](C)NC=O)nc2ccccc21. The summed E-state index contributed by atoms with van der Waals surface area (Å²) in [6.07, 6.45) is 1.86. The van der Waals surface area contributed by atoms with Gasteiger partial charge >= 0.3 is 0 Å². The lowest BCUT2D eigenvalue weighted by Gasteiger charge is -2.17. The first kappa shape index (κ1) is 13.6. The van der Waals surface area contributed by atoms with Crippen LogP contribution in [-0.2, 0) is 11.3 Å². The normalized spacial score (nSPS) is 14.3. The molecule has 2 aromatic rings. The molecule has 0 aliphatic rings. The molecule has 0 spiro atoms. The second-order valence-electron chi connectivity index (χ2n) is 5.09. The van der Waals surface area contributed by atoms with Crippen molar-refractivity contribution in [2.24, 2.45) is 5.92 Å². The number of benzene rings is 1. The standard InChI is InChI=1S/C15H21N3O/c1-4-11(2)9-18-14-8-6-5-7-13(14)17-15(18)12(3)16-10-19/h5-8,10-12H,4,9H2,1-3H3,(H,16,19)/t11-,12+/m1/s1. The zero-order valence-corrected chi connectivity index (χ0v) is 11.8.